The Labute approximate surface area is 144 Å². The fourth-order valence-electron chi connectivity index (χ4n) is 4.33. The Bertz CT molecular complexity index is 558. The van der Waals surface area contributed by atoms with Crippen LogP contribution in [-0.2, 0) is 6.54 Å². The maximum Gasteiger partial charge on any atom is 0.231 e. The number of hydrogen-bond donors (Lipinski definition) is 1. The van der Waals surface area contributed by atoms with Crippen molar-refractivity contribution in [2.24, 2.45) is 5.92 Å². The van der Waals surface area contributed by atoms with Crippen LogP contribution in [0.3, 0.4) is 0 Å². The zero-order valence-electron chi connectivity index (χ0n) is 14.3. The van der Waals surface area contributed by atoms with E-state index < -0.39 is 0 Å². The van der Waals surface area contributed by atoms with Gasteiger partial charge in [0.25, 0.3) is 0 Å². The zero-order chi connectivity index (χ0) is 16.4. The molecule has 24 heavy (non-hydrogen) atoms. The van der Waals surface area contributed by atoms with Crippen molar-refractivity contribution in [3.8, 4) is 11.5 Å². The van der Waals surface area contributed by atoms with Gasteiger partial charge in [0.15, 0.2) is 11.5 Å². The van der Waals surface area contributed by atoms with E-state index in [0.717, 1.165) is 57.1 Å². The van der Waals surface area contributed by atoms with Crippen molar-refractivity contribution in [3.63, 3.8) is 0 Å². The van der Waals surface area contributed by atoms with Gasteiger partial charge in [0.1, 0.15) is 0 Å². The predicted octanol–water partition coefficient (Wildman–Crippen LogP) is 2.08. The zero-order valence-corrected chi connectivity index (χ0v) is 14.3. The summed E-state index contributed by atoms with van der Waals surface area (Å²) in [7, 11) is 0. The maximum atomic E-state index is 9.32. The molecule has 0 saturated carbocycles. The SMILES string of the molecule is OCC1CCN([C@H]2CCCN(Cc3cccc4c3OCO4)C2)CC1. The van der Waals surface area contributed by atoms with Crippen LogP contribution in [0.15, 0.2) is 18.2 Å². The van der Waals surface area contributed by atoms with Crippen molar-refractivity contribution in [2.75, 3.05) is 39.6 Å². The molecule has 1 aromatic rings. The highest BCUT2D eigenvalue weighted by atomic mass is 16.7. The summed E-state index contributed by atoms with van der Waals surface area (Å²) in [5.74, 6) is 2.33. The molecule has 1 N–H and O–H groups in total. The van der Waals surface area contributed by atoms with Crippen molar-refractivity contribution in [1.82, 2.24) is 9.80 Å². The third-order valence-electron chi connectivity index (χ3n) is 5.78. The van der Waals surface area contributed by atoms with Gasteiger partial charge in [0.2, 0.25) is 6.79 Å². The number of rotatable bonds is 4. The van der Waals surface area contributed by atoms with Gasteiger partial charge < -0.3 is 14.6 Å². The quantitative estimate of drug-likeness (QED) is 0.915. The Hall–Kier alpha value is -1.30. The van der Waals surface area contributed by atoms with E-state index in [0.29, 0.717) is 25.4 Å². The van der Waals surface area contributed by atoms with Gasteiger partial charge in [-0.15, -0.1) is 0 Å². The molecule has 1 atom stereocenters. The van der Waals surface area contributed by atoms with Crippen LogP contribution in [0.25, 0.3) is 0 Å². The number of aliphatic hydroxyl groups excluding tert-OH is 1. The molecule has 0 amide bonds. The van der Waals surface area contributed by atoms with E-state index in [4.69, 9.17) is 9.47 Å². The molecule has 0 unspecified atom stereocenters. The second-order valence-electron chi connectivity index (χ2n) is 7.34. The lowest BCUT2D eigenvalue weighted by molar-refractivity contribution is 0.0541. The highest BCUT2D eigenvalue weighted by Gasteiger charge is 2.29. The minimum absolute atomic E-state index is 0.342. The average Bonchev–Trinajstić information content (AvgIpc) is 3.12. The molecule has 0 aromatic heterocycles. The number of likely N-dealkylation sites (tertiary alicyclic amines) is 2. The molecule has 2 fully saturated rings. The van der Waals surface area contributed by atoms with Gasteiger partial charge in [-0.3, -0.25) is 9.80 Å². The van der Waals surface area contributed by atoms with Crippen LogP contribution in [0.2, 0.25) is 0 Å². The molecule has 2 saturated heterocycles. The van der Waals surface area contributed by atoms with E-state index in [1.54, 1.807) is 0 Å². The minimum atomic E-state index is 0.342. The smallest absolute Gasteiger partial charge is 0.231 e. The summed E-state index contributed by atoms with van der Waals surface area (Å²) in [4.78, 5) is 5.21. The second-order valence-corrected chi connectivity index (χ2v) is 7.34. The summed E-state index contributed by atoms with van der Waals surface area (Å²) in [5, 5.41) is 9.32. The van der Waals surface area contributed by atoms with Crippen LogP contribution >= 0.6 is 0 Å². The summed E-state index contributed by atoms with van der Waals surface area (Å²) in [6, 6.07) is 6.86. The Kier molecular flexibility index (Phi) is 4.92. The highest BCUT2D eigenvalue weighted by molar-refractivity contribution is 5.48. The molecule has 0 spiro atoms. The average molecular weight is 332 g/mol. The van der Waals surface area contributed by atoms with E-state index in [9.17, 15) is 5.11 Å². The summed E-state index contributed by atoms with van der Waals surface area (Å²) < 4.78 is 11.2. The Morgan fingerprint density at radius 2 is 1.96 bits per heavy atom. The van der Waals surface area contributed by atoms with Crippen molar-refractivity contribution in [3.05, 3.63) is 23.8 Å². The van der Waals surface area contributed by atoms with E-state index in [-0.39, 0.29) is 0 Å². The standard InChI is InChI=1S/C19H28N2O3/c22-13-15-6-9-21(10-7-15)17-4-2-8-20(12-17)11-16-3-1-5-18-19(16)24-14-23-18/h1,3,5,15,17,22H,2,4,6-14H2/t17-/m0/s1. The number of piperidine rings is 2. The lowest BCUT2D eigenvalue weighted by Crippen LogP contribution is -2.50. The number of fused-ring (bicyclic) bond motifs is 1. The number of nitrogens with zero attached hydrogens (tertiary/aromatic N) is 2. The lowest BCUT2D eigenvalue weighted by atomic mass is 9.94. The normalized spacial score (nSPS) is 26.0. The number of hydrogen-bond acceptors (Lipinski definition) is 5. The van der Waals surface area contributed by atoms with Crippen molar-refractivity contribution < 1.29 is 14.6 Å². The summed E-state index contributed by atoms with van der Waals surface area (Å²) in [5.41, 5.74) is 1.24. The lowest BCUT2D eigenvalue weighted by Gasteiger charge is -2.42. The van der Waals surface area contributed by atoms with E-state index in [1.807, 2.05) is 6.07 Å². The molecule has 0 aliphatic carbocycles. The molecule has 0 radical (unpaired) electrons. The van der Waals surface area contributed by atoms with Gasteiger partial charge in [-0.1, -0.05) is 12.1 Å². The van der Waals surface area contributed by atoms with Gasteiger partial charge in [-0.25, -0.2) is 0 Å². The van der Waals surface area contributed by atoms with Crippen LogP contribution in [-0.4, -0.2) is 60.5 Å². The first-order valence-corrected chi connectivity index (χ1v) is 9.28. The first-order valence-electron chi connectivity index (χ1n) is 9.28. The number of benzene rings is 1. The van der Waals surface area contributed by atoms with Crippen LogP contribution < -0.4 is 9.47 Å². The van der Waals surface area contributed by atoms with Crippen molar-refractivity contribution in [1.29, 1.82) is 0 Å². The Balaban J connectivity index is 1.36. The van der Waals surface area contributed by atoms with Gasteiger partial charge >= 0.3 is 0 Å². The first kappa shape index (κ1) is 16.2. The molecule has 132 valence electrons. The topological polar surface area (TPSA) is 45.2 Å². The molecule has 0 bridgehead atoms. The molecule has 3 heterocycles. The largest absolute Gasteiger partial charge is 0.454 e. The maximum absolute atomic E-state index is 9.32. The summed E-state index contributed by atoms with van der Waals surface area (Å²) in [6.07, 6.45) is 4.85. The Morgan fingerprint density at radius 1 is 1.08 bits per heavy atom. The number of para-hydroxylation sites is 1. The van der Waals surface area contributed by atoms with Gasteiger partial charge in [0.05, 0.1) is 0 Å². The van der Waals surface area contributed by atoms with Crippen LogP contribution in [0.4, 0.5) is 0 Å². The Morgan fingerprint density at radius 3 is 2.79 bits per heavy atom. The first-order chi connectivity index (χ1) is 11.8. The molecular formula is C19H28N2O3. The molecule has 1 aromatic carbocycles. The van der Waals surface area contributed by atoms with Crippen molar-refractivity contribution >= 4 is 0 Å². The highest BCUT2D eigenvalue weighted by Crippen LogP contribution is 2.36. The molecule has 3 aliphatic rings. The second kappa shape index (κ2) is 7.30. The summed E-state index contributed by atoms with van der Waals surface area (Å²) in [6.45, 7) is 6.21. The van der Waals surface area contributed by atoms with E-state index in [2.05, 4.69) is 21.9 Å². The fourth-order valence-corrected chi connectivity index (χ4v) is 4.33. The summed E-state index contributed by atoms with van der Waals surface area (Å²) >= 11 is 0. The third-order valence-corrected chi connectivity index (χ3v) is 5.78. The van der Waals surface area contributed by atoms with Gasteiger partial charge in [0, 0.05) is 31.3 Å². The van der Waals surface area contributed by atoms with E-state index >= 15 is 0 Å². The van der Waals surface area contributed by atoms with Gasteiger partial charge in [-0.2, -0.15) is 0 Å². The van der Waals surface area contributed by atoms with E-state index in [1.165, 1.54) is 18.4 Å². The minimum Gasteiger partial charge on any atom is -0.454 e. The molecular weight excluding hydrogens is 304 g/mol. The third kappa shape index (κ3) is 3.39. The number of aliphatic hydroxyl groups is 1. The van der Waals surface area contributed by atoms with Crippen LogP contribution in [0.5, 0.6) is 11.5 Å². The molecule has 5 heteroatoms. The predicted molar refractivity (Wildman–Crippen MR) is 92.2 cm³/mol. The van der Waals surface area contributed by atoms with Crippen molar-refractivity contribution in [2.45, 2.75) is 38.3 Å². The number of ether oxygens (including phenoxy) is 2. The molecule has 3 aliphatic heterocycles. The van der Waals surface area contributed by atoms with Crippen LogP contribution in [0.1, 0.15) is 31.2 Å². The monoisotopic (exact) mass is 332 g/mol. The fraction of sp³-hybridized carbons (Fsp3) is 0.684. The molecule has 4 rings (SSSR count). The van der Waals surface area contributed by atoms with Crippen LogP contribution in [0, 0.1) is 5.92 Å². The molecule has 5 nitrogen and oxygen atoms in total. The van der Waals surface area contributed by atoms with Gasteiger partial charge in [-0.05, 0) is 57.3 Å².